The highest BCUT2D eigenvalue weighted by atomic mass is 35.5. The van der Waals surface area contributed by atoms with E-state index in [0.29, 0.717) is 5.88 Å². The smallest absolute Gasteiger partial charge is 0.408 e. The summed E-state index contributed by atoms with van der Waals surface area (Å²) in [5, 5.41) is 2.59. The molecule has 0 atom stereocenters. The zero-order valence-corrected chi connectivity index (χ0v) is 12.8. The van der Waals surface area contributed by atoms with Gasteiger partial charge in [-0.15, -0.1) is 11.6 Å². The number of ether oxygens (including phenoxy) is 1. The van der Waals surface area contributed by atoms with Crippen molar-refractivity contribution in [3.8, 4) is 11.8 Å². The van der Waals surface area contributed by atoms with Crippen LogP contribution < -0.4 is 5.32 Å². The molecular formula is C18H16ClNO2. The normalized spacial score (nSPS) is 9.50. The molecular weight excluding hydrogens is 298 g/mol. The highest BCUT2D eigenvalue weighted by molar-refractivity contribution is 6.17. The summed E-state index contributed by atoms with van der Waals surface area (Å²) in [4.78, 5) is 11.5. The van der Waals surface area contributed by atoms with Gasteiger partial charge in [0.2, 0.25) is 0 Å². The van der Waals surface area contributed by atoms with Gasteiger partial charge in [0.15, 0.2) is 0 Å². The van der Waals surface area contributed by atoms with Gasteiger partial charge < -0.3 is 10.1 Å². The Labute approximate surface area is 135 Å². The van der Waals surface area contributed by atoms with Gasteiger partial charge in [-0.1, -0.05) is 54.3 Å². The molecule has 112 valence electrons. The maximum Gasteiger partial charge on any atom is 0.408 e. The number of alkyl halides is 1. The molecule has 0 aromatic heterocycles. The van der Waals surface area contributed by atoms with Crippen molar-refractivity contribution in [3.63, 3.8) is 0 Å². The van der Waals surface area contributed by atoms with Crippen LogP contribution >= 0.6 is 11.6 Å². The van der Waals surface area contributed by atoms with E-state index in [-0.39, 0.29) is 13.2 Å². The van der Waals surface area contributed by atoms with Gasteiger partial charge in [-0.2, -0.15) is 0 Å². The van der Waals surface area contributed by atoms with Crippen LogP contribution in [0.3, 0.4) is 0 Å². The lowest BCUT2D eigenvalue weighted by atomic mass is 10.1. The number of carbonyl (C=O) groups is 1. The molecule has 0 heterocycles. The maximum atomic E-state index is 11.5. The summed E-state index contributed by atoms with van der Waals surface area (Å²) < 4.78 is 5.08. The molecule has 4 heteroatoms. The van der Waals surface area contributed by atoms with Crippen LogP contribution in [0.15, 0.2) is 54.6 Å². The van der Waals surface area contributed by atoms with E-state index in [2.05, 4.69) is 17.2 Å². The summed E-state index contributed by atoms with van der Waals surface area (Å²) in [6, 6.07) is 17.2. The van der Waals surface area contributed by atoms with Crippen LogP contribution in [0, 0.1) is 11.8 Å². The molecule has 0 bridgehead atoms. The van der Waals surface area contributed by atoms with Crippen LogP contribution in [0.2, 0.25) is 0 Å². The third-order valence-corrected chi connectivity index (χ3v) is 3.16. The predicted molar refractivity (Wildman–Crippen MR) is 87.5 cm³/mol. The van der Waals surface area contributed by atoms with E-state index in [1.807, 2.05) is 54.6 Å². The van der Waals surface area contributed by atoms with Gasteiger partial charge in [-0.25, -0.2) is 4.79 Å². The molecule has 1 N–H and O–H groups in total. The first kappa shape index (κ1) is 15.9. The fourth-order valence-corrected chi connectivity index (χ4v) is 1.94. The van der Waals surface area contributed by atoms with Gasteiger partial charge in [-0.3, -0.25) is 0 Å². The van der Waals surface area contributed by atoms with E-state index in [0.717, 1.165) is 16.7 Å². The van der Waals surface area contributed by atoms with Crippen LogP contribution in [0.4, 0.5) is 4.79 Å². The van der Waals surface area contributed by atoms with Crippen molar-refractivity contribution in [1.82, 2.24) is 5.32 Å². The van der Waals surface area contributed by atoms with Crippen molar-refractivity contribution in [2.24, 2.45) is 0 Å². The molecule has 1 amide bonds. The Kier molecular flexibility index (Phi) is 6.35. The molecule has 0 aliphatic carbocycles. The predicted octanol–water partition coefficient (Wildman–Crippen LogP) is 3.70. The number of hydrogen-bond acceptors (Lipinski definition) is 2. The molecule has 0 saturated heterocycles. The van der Waals surface area contributed by atoms with E-state index >= 15 is 0 Å². The SMILES string of the molecule is O=C(NCC#Cc1cccc(CCl)c1)OCc1ccccc1. The number of nitrogens with one attached hydrogen (secondary N) is 1. The molecule has 0 aliphatic heterocycles. The number of benzene rings is 2. The third-order valence-electron chi connectivity index (χ3n) is 2.85. The Hall–Kier alpha value is -2.44. The second-order valence-electron chi connectivity index (χ2n) is 4.55. The second-order valence-corrected chi connectivity index (χ2v) is 4.82. The summed E-state index contributed by atoms with van der Waals surface area (Å²) in [5.41, 5.74) is 2.84. The molecule has 0 fully saturated rings. The van der Waals surface area contributed by atoms with Crippen molar-refractivity contribution in [2.45, 2.75) is 12.5 Å². The molecule has 22 heavy (non-hydrogen) atoms. The van der Waals surface area contributed by atoms with E-state index in [1.54, 1.807) is 0 Å². The molecule has 3 nitrogen and oxygen atoms in total. The quantitative estimate of drug-likeness (QED) is 0.690. The Bertz CT molecular complexity index is 674. The van der Waals surface area contributed by atoms with Gasteiger partial charge in [0, 0.05) is 11.4 Å². The first-order valence-electron chi connectivity index (χ1n) is 6.86. The zero-order valence-electron chi connectivity index (χ0n) is 12.0. The monoisotopic (exact) mass is 313 g/mol. The first-order valence-corrected chi connectivity index (χ1v) is 7.39. The Morgan fingerprint density at radius 3 is 2.64 bits per heavy atom. The minimum absolute atomic E-state index is 0.235. The van der Waals surface area contributed by atoms with Crippen molar-refractivity contribution in [3.05, 3.63) is 71.3 Å². The van der Waals surface area contributed by atoms with Gasteiger partial charge in [0.25, 0.3) is 0 Å². The van der Waals surface area contributed by atoms with E-state index in [4.69, 9.17) is 16.3 Å². The van der Waals surface area contributed by atoms with Crippen LogP contribution in [-0.2, 0) is 17.2 Å². The summed E-state index contributed by atoms with van der Waals surface area (Å²) in [6.45, 7) is 0.483. The number of alkyl carbamates (subject to hydrolysis) is 1. The molecule has 0 unspecified atom stereocenters. The van der Waals surface area contributed by atoms with Crippen LogP contribution in [0.5, 0.6) is 0 Å². The third kappa shape index (κ3) is 5.51. The standard InChI is InChI=1S/C18H16ClNO2/c19-13-17-9-4-8-15(12-17)10-5-11-20-18(21)22-14-16-6-2-1-3-7-16/h1-4,6-9,12H,11,13-14H2,(H,20,21). The van der Waals surface area contributed by atoms with Crippen molar-refractivity contribution in [1.29, 1.82) is 0 Å². The van der Waals surface area contributed by atoms with E-state index in [9.17, 15) is 4.79 Å². The van der Waals surface area contributed by atoms with Crippen molar-refractivity contribution in [2.75, 3.05) is 6.54 Å². The average Bonchev–Trinajstić information content (AvgIpc) is 2.58. The molecule has 2 aromatic rings. The summed E-state index contributed by atoms with van der Waals surface area (Å²) in [6.07, 6.45) is -0.479. The fraction of sp³-hybridized carbons (Fsp3) is 0.167. The lowest BCUT2D eigenvalue weighted by Crippen LogP contribution is -2.24. The minimum atomic E-state index is -0.479. The largest absolute Gasteiger partial charge is 0.445 e. The van der Waals surface area contributed by atoms with Crippen LogP contribution in [-0.4, -0.2) is 12.6 Å². The van der Waals surface area contributed by atoms with Crippen molar-refractivity contribution >= 4 is 17.7 Å². The number of rotatable bonds is 4. The van der Waals surface area contributed by atoms with E-state index < -0.39 is 6.09 Å². The van der Waals surface area contributed by atoms with Gasteiger partial charge in [0.1, 0.15) is 6.61 Å². The van der Waals surface area contributed by atoms with E-state index in [1.165, 1.54) is 0 Å². The van der Waals surface area contributed by atoms with Gasteiger partial charge >= 0.3 is 6.09 Å². The topological polar surface area (TPSA) is 38.3 Å². The Morgan fingerprint density at radius 1 is 1.09 bits per heavy atom. The molecule has 2 rings (SSSR count). The lowest BCUT2D eigenvalue weighted by molar-refractivity contribution is 0.141. The Balaban J connectivity index is 1.74. The molecule has 0 aliphatic rings. The highest BCUT2D eigenvalue weighted by Crippen LogP contribution is 2.06. The first-order chi connectivity index (χ1) is 10.8. The van der Waals surface area contributed by atoms with Crippen molar-refractivity contribution < 1.29 is 9.53 Å². The molecule has 0 saturated carbocycles. The summed E-state index contributed by atoms with van der Waals surface area (Å²) in [5.74, 6) is 6.30. The van der Waals surface area contributed by atoms with Gasteiger partial charge in [0.05, 0.1) is 6.54 Å². The number of halogens is 1. The second kappa shape index (κ2) is 8.76. The van der Waals surface area contributed by atoms with Crippen LogP contribution in [0.25, 0.3) is 0 Å². The number of carbonyl (C=O) groups excluding carboxylic acids is 1. The number of amides is 1. The summed E-state index contributed by atoms with van der Waals surface area (Å²) >= 11 is 5.77. The molecule has 0 spiro atoms. The zero-order chi connectivity index (χ0) is 15.6. The lowest BCUT2D eigenvalue weighted by Gasteiger charge is -2.04. The maximum absolute atomic E-state index is 11.5. The molecule has 0 radical (unpaired) electrons. The Morgan fingerprint density at radius 2 is 1.86 bits per heavy atom. The fourth-order valence-electron chi connectivity index (χ4n) is 1.77. The molecule has 2 aromatic carbocycles. The van der Waals surface area contributed by atoms with Gasteiger partial charge in [-0.05, 0) is 23.3 Å². The summed E-state index contributed by atoms with van der Waals surface area (Å²) in [7, 11) is 0. The minimum Gasteiger partial charge on any atom is -0.445 e. The highest BCUT2D eigenvalue weighted by Gasteiger charge is 2.00. The van der Waals surface area contributed by atoms with Crippen LogP contribution in [0.1, 0.15) is 16.7 Å². The average molecular weight is 314 g/mol. The number of hydrogen-bond donors (Lipinski definition) is 1.